The number of carboxylic acid groups (broad SMARTS) is 1. The SMILES string of the molecule is COC1CC(C(=O)O)N(c2nc(-c3ccccc3)cs2)C1. The minimum Gasteiger partial charge on any atom is -0.480 e. The van der Waals surface area contributed by atoms with E-state index in [0.29, 0.717) is 13.0 Å². The topological polar surface area (TPSA) is 62.7 Å². The highest BCUT2D eigenvalue weighted by atomic mass is 32.1. The van der Waals surface area contributed by atoms with Gasteiger partial charge < -0.3 is 14.7 Å². The first kappa shape index (κ1) is 14.0. The zero-order valence-electron chi connectivity index (χ0n) is 11.6. The van der Waals surface area contributed by atoms with Crippen LogP contribution in [-0.2, 0) is 9.53 Å². The standard InChI is InChI=1S/C15H16N2O3S/c1-20-11-7-13(14(18)19)17(8-11)15-16-12(9-21-15)10-5-3-2-4-6-10/h2-6,9,11,13H,7-8H2,1H3,(H,18,19). The van der Waals surface area contributed by atoms with E-state index in [1.165, 1.54) is 11.3 Å². The number of aliphatic carboxylic acids is 1. The summed E-state index contributed by atoms with van der Waals surface area (Å²) in [6.45, 7) is 0.565. The Morgan fingerprint density at radius 3 is 2.86 bits per heavy atom. The van der Waals surface area contributed by atoms with E-state index in [-0.39, 0.29) is 6.10 Å². The van der Waals surface area contributed by atoms with Crippen LogP contribution in [0.4, 0.5) is 5.13 Å². The van der Waals surface area contributed by atoms with Crippen LogP contribution in [-0.4, -0.2) is 41.9 Å². The van der Waals surface area contributed by atoms with Crippen LogP contribution in [0.3, 0.4) is 0 Å². The number of hydrogen-bond acceptors (Lipinski definition) is 5. The molecule has 0 saturated carbocycles. The van der Waals surface area contributed by atoms with Gasteiger partial charge in [0.2, 0.25) is 0 Å². The van der Waals surface area contributed by atoms with Gasteiger partial charge in [0, 0.05) is 31.0 Å². The zero-order valence-corrected chi connectivity index (χ0v) is 12.4. The first-order chi connectivity index (χ1) is 10.2. The summed E-state index contributed by atoms with van der Waals surface area (Å²) >= 11 is 1.47. The number of nitrogens with zero attached hydrogens (tertiary/aromatic N) is 2. The number of aromatic nitrogens is 1. The van der Waals surface area contributed by atoms with Crippen LogP contribution in [0, 0.1) is 0 Å². The van der Waals surface area contributed by atoms with Crippen LogP contribution in [0.25, 0.3) is 11.3 Å². The van der Waals surface area contributed by atoms with Gasteiger partial charge in [-0.2, -0.15) is 0 Å². The largest absolute Gasteiger partial charge is 0.480 e. The molecule has 0 bridgehead atoms. The molecule has 2 aromatic rings. The lowest BCUT2D eigenvalue weighted by molar-refractivity contribution is -0.138. The minimum absolute atomic E-state index is 0.0600. The molecule has 21 heavy (non-hydrogen) atoms. The highest BCUT2D eigenvalue weighted by Gasteiger charge is 2.38. The molecule has 1 saturated heterocycles. The molecule has 0 aliphatic carbocycles. The second kappa shape index (κ2) is 5.83. The summed E-state index contributed by atoms with van der Waals surface area (Å²) < 4.78 is 5.31. The predicted octanol–water partition coefficient (Wildman–Crippen LogP) is 2.49. The molecule has 1 aromatic carbocycles. The number of carboxylic acids is 1. The summed E-state index contributed by atoms with van der Waals surface area (Å²) in [6.07, 6.45) is 0.432. The molecule has 5 nitrogen and oxygen atoms in total. The van der Waals surface area contributed by atoms with Crippen LogP contribution in [0.15, 0.2) is 35.7 Å². The average molecular weight is 304 g/mol. The third kappa shape index (κ3) is 2.77. The third-order valence-electron chi connectivity index (χ3n) is 3.69. The Bertz CT molecular complexity index is 629. The van der Waals surface area contributed by atoms with E-state index in [1.807, 2.05) is 40.6 Å². The fourth-order valence-corrected chi connectivity index (χ4v) is 3.45. The van der Waals surface area contributed by atoms with E-state index in [1.54, 1.807) is 7.11 Å². The van der Waals surface area contributed by atoms with Crippen LogP contribution < -0.4 is 4.90 Å². The van der Waals surface area contributed by atoms with Gasteiger partial charge in [-0.15, -0.1) is 11.3 Å². The fraction of sp³-hybridized carbons (Fsp3) is 0.333. The van der Waals surface area contributed by atoms with E-state index >= 15 is 0 Å². The summed E-state index contributed by atoms with van der Waals surface area (Å²) in [7, 11) is 1.62. The normalized spacial score (nSPS) is 21.7. The Morgan fingerprint density at radius 1 is 1.43 bits per heavy atom. The van der Waals surface area contributed by atoms with Crippen LogP contribution in [0.5, 0.6) is 0 Å². The van der Waals surface area contributed by atoms with E-state index in [0.717, 1.165) is 16.4 Å². The van der Waals surface area contributed by atoms with Crippen molar-refractivity contribution in [3.8, 4) is 11.3 Å². The molecule has 110 valence electrons. The zero-order chi connectivity index (χ0) is 14.8. The van der Waals surface area contributed by atoms with E-state index in [9.17, 15) is 9.90 Å². The Hall–Kier alpha value is -1.92. The van der Waals surface area contributed by atoms with Gasteiger partial charge in [-0.05, 0) is 0 Å². The average Bonchev–Trinajstić information content (AvgIpc) is 3.14. The van der Waals surface area contributed by atoms with Crippen LogP contribution in [0.1, 0.15) is 6.42 Å². The number of benzene rings is 1. The van der Waals surface area contributed by atoms with Gasteiger partial charge in [-0.1, -0.05) is 30.3 Å². The molecule has 1 aliphatic heterocycles. The molecular weight excluding hydrogens is 288 g/mol. The minimum atomic E-state index is -0.828. The molecule has 1 aromatic heterocycles. The van der Waals surface area contributed by atoms with Gasteiger partial charge in [0.25, 0.3) is 0 Å². The Balaban J connectivity index is 1.87. The van der Waals surface area contributed by atoms with Crippen molar-refractivity contribution in [2.75, 3.05) is 18.6 Å². The predicted molar refractivity (Wildman–Crippen MR) is 81.7 cm³/mol. The summed E-state index contributed by atoms with van der Waals surface area (Å²) in [4.78, 5) is 17.8. The van der Waals surface area contributed by atoms with Crippen molar-refractivity contribution >= 4 is 22.4 Å². The molecule has 0 amide bonds. The Labute approximate surface area is 126 Å². The lowest BCUT2D eigenvalue weighted by Crippen LogP contribution is -2.35. The first-order valence-electron chi connectivity index (χ1n) is 6.72. The maximum Gasteiger partial charge on any atom is 0.326 e. The Kier molecular flexibility index (Phi) is 3.90. The molecule has 0 radical (unpaired) electrons. The van der Waals surface area contributed by atoms with Crippen molar-refractivity contribution in [3.05, 3.63) is 35.7 Å². The maximum atomic E-state index is 11.4. The van der Waals surface area contributed by atoms with Crippen molar-refractivity contribution in [1.82, 2.24) is 4.98 Å². The van der Waals surface area contributed by atoms with Gasteiger partial charge in [-0.3, -0.25) is 0 Å². The maximum absolute atomic E-state index is 11.4. The molecule has 2 atom stereocenters. The van der Waals surface area contributed by atoms with Crippen LogP contribution >= 0.6 is 11.3 Å². The van der Waals surface area contributed by atoms with Gasteiger partial charge in [0.1, 0.15) is 6.04 Å². The quantitative estimate of drug-likeness (QED) is 0.940. The number of ether oxygens (including phenoxy) is 1. The highest BCUT2D eigenvalue weighted by Crippen LogP contribution is 2.32. The second-order valence-corrected chi connectivity index (χ2v) is 5.82. The fourth-order valence-electron chi connectivity index (χ4n) is 2.55. The van der Waals surface area contributed by atoms with Crippen molar-refractivity contribution in [2.45, 2.75) is 18.6 Å². The van der Waals surface area contributed by atoms with E-state index in [4.69, 9.17) is 4.74 Å². The van der Waals surface area contributed by atoms with Gasteiger partial charge >= 0.3 is 5.97 Å². The first-order valence-corrected chi connectivity index (χ1v) is 7.60. The molecule has 2 heterocycles. The smallest absolute Gasteiger partial charge is 0.326 e. The monoisotopic (exact) mass is 304 g/mol. The van der Waals surface area contributed by atoms with Crippen molar-refractivity contribution in [2.24, 2.45) is 0 Å². The van der Waals surface area contributed by atoms with E-state index < -0.39 is 12.0 Å². The van der Waals surface area contributed by atoms with Gasteiger partial charge in [0.05, 0.1) is 11.8 Å². The second-order valence-electron chi connectivity index (χ2n) is 4.98. The molecule has 1 fully saturated rings. The molecule has 2 unspecified atom stereocenters. The summed E-state index contributed by atoms with van der Waals surface area (Å²) in [5.41, 5.74) is 1.91. The molecule has 3 rings (SSSR count). The van der Waals surface area contributed by atoms with Gasteiger partial charge in [0.15, 0.2) is 5.13 Å². The van der Waals surface area contributed by atoms with Crippen LogP contribution in [0.2, 0.25) is 0 Å². The van der Waals surface area contributed by atoms with E-state index in [2.05, 4.69) is 4.98 Å². The number of anilines is 1. The molecule has 1 N–H and O–H groups in total. The number of rotatable bonds is 4. The molecule has 1 aliphatic rings. The Morgan fingerprint density at radius 2 is 2.19 bits per heavy atom. The molecule has 0 spiro atoms. The molecule has 6 heteroatoms. The van der Waals surface area contributed by atoms with Crippen molar-refractivity contribution in [1.29, 1.82) is 0 Å². The van der Waals surface area contributed by atoms with Gasteiger partial charge in [-0.25, -0.2) is 9.78 Å². The lowest BCUT2D eigenvalue weighted by Gasteiger charge is -2.19. The molecular formula is C15H16N2O3S. The summed E-state index contributed by atoms with van der Waals surface area (Å²) in [5, 5.41) is 12.1. The third-order valence-corrected chi connectivity index (χ3v) is 4.57. The number of thiazole rings is 1. The summed E-state index contributed by atoms with van der Waals surface area (Å²) in [5.74, 6) is -0.828. The number of carbonyl (C=O) groups is 1. The van der Waals surface area contributed by atoms with Crippen molar-refractivity contribution in [3.63, 3.8) is 0 Å². The number of hydrogen-bond donors (Lipinski definition) is 1. The van der Waals surface area contributed by atoms with Crippen molar-refractivity contribution < 1.29 is 14.6 Å². The number of methoxy groups -OCH3 is 1. The highest BCUT2D eigenvalue weighted by molar-refractivity contribution is 7.14. The lowest BCUT2D eigenvalue weighted by atomic mass is 10.2. The summed E-state index contributed by atoms with van der Waals surface area (Å²) in [6, 6.07) is 9.31.